The fraction of sp³-hybridized carbons (Fsp3) is 0.455. The van der Waals surface area contributed by atoms with E-state index in [1.54, 1.807) is 0 Å². The van der Waals surface area contributed by atoms with Gasteiger partial charge in [0.05, 0.1) is 0 Å². The first kappa shape index (κ1) is 10.7. The monoisotopic (exact) mass is 241 g/mol. The second-order valence-electron chi connectivity index (χ2n) is 4.40. The molecule has 0 aromatic heterocycles. The Kier molecular flexibility index (Phi) is 3.14. The fourth-order valence-electron chi connectivity index (χ4n) is 1.17. The molecule has 0 radical (unpaired) electrons. The van der Waals surface area contributed by atoms with Crippen molar-refractivity contribution in [3.63, 3.8) is 0 Å². The first-order valence-corrected chi connectivity index (χ1v) is 5.21. The summed E-state index contributed by atoms with van der Waals surface area (Å²) in [5.74, 6) is 0. The van der Waals surface area contributed by atoms with Gasteiger partial charge in [-0.1, -0.05) is 48.8 Å². The van der Waals surface area contributed by atoms with Crippen LogP contribution in [0, 0.1) is 5.41 Å². The van der Waals surface area contributed by atoms with Gasteiger partial charge in [-0.05, 0) is 23.1 Å². The van der Waals surface area contributed by atoms with Crippen molar-refractivity contribution in [3.8, 4) is 0 Å². The largest absolute Gasteiger partial charge is 0.324 e. The third-order valence-corrected chi connectivity index (χ3v) is 2.69. The van der Waals surface area contributed by atoms with Gasteiger partial charge in [-0.15, -0.1) is 0 Å². The van der Waals surface area contributed by atoms with Crippen LogP contribution < -0.4 is 5.73 Å². The van der Waals surface area contributed by atoms with Crippen LogP contribution in [0.1, 0.15) is 32.4 Å². The van der Waals surface area contributed by atoms with E-state index in [-0.39, 0.29) is 11.5 Å². The maximum atomic E-state index is 6.11. The Hall–Kier alpha value is -0.340. The second kappa shape index (κ2) is 3.81. The molecule has 0 amide bonds. The molecule has 13 heavy (non-hydrogen) atoms. The summed E-state index contributed by atoms with van der Waals surface area (Å²) in [6.07, 6.45) is 0. The van der Waals surface area contributed by atoms with E-state index in [0.717, 1.165) is 4.47 Å². The Bertz CT molecular complexity index is 271. The molecule has 0 aliphatic heterocycles. The Morgan fingerprint density at radius 2 is 1.62 bits per heavy atom. The summed E-state index contributed by atoms with van der Waals surface area (Å²) in [7, 11) is 0. The molecule has 1 nitrogen and oxygen atoms in total. The summed E-state index contributed by atoms with van der Waals surface area (Å²) >= 11 is 3.40. The molecule has 0 fully saturated rings. The van der Waals surface area contributed by atoms with Gasteiger partial charge in [0, 0.05) is 10.5 Å². The van der Waals surface area contributed by atoms with Crippen molar-refractivity contribution in [2.75, 3.05) is 0 Å². The zero-order valence-corrected chi connectivity index (χ0v) is 9.93. The molecule has 1 aromatic carbocycles. The molecule has 0 aliphatic rings. The average Bonchev–Trinajstić information content (AvgIpc) is 2.03. The van der Waals surface area contributed by atoms with Crippen molar-refractivity contribution in [1.82, 2.24) is 0 Å². The lowest BCUT2D eigenvalue weighted by Crippen LogP contribution is -2.26. The van der Waals surface area contributed by atoms with Crippen LogP contribution in [-0.4, -0.2) is 0 Å². The number of benzene rings is 1. The van der Waals surface area contributed by atoms with E-state index in [4.69, 9.17) is 5.73 Å². The van der Waals surface area contributed by atoms with E-state index in [9.17, 15) is 0 Å². The number of nitrogens with two attached hydrogens (primary N) is 1. The summed E-state index contributed by atoms with van der Waals surface area (Å²) in [4.78, 5) is 0. The minimum Gasteiger partial charge on any atom is -0.324 e. The van der Waals surface area contributed by atoms with E-state index < -0.39 is 0 Å². The van der Waals surface area contributed by atoms with Crippen molar-refractivity contribution < 1.29 is 0 Å². The number of hydrogen-bond acceptors (Lipinski definition) is 1. The smallest absolute Gasteiger partial charge is 0.0344 e. The van der Waals surface area contributed by atoms with E-state index in [1.807, 2.05) is 12.1 Å². The van der Waals surface area contributed by atoms with E-state index >= 15 is 0 Å². The predicted molar refractivity (Wildman–Crippen MR) is 60.5 cm³/mol. The lowest BCUT2D eigenvalue weighted by molar-refractivity contribution is 0.327. The standard InChI is InChI=1S/C11H16BrN/c1-11(2,3)10(13)8-4-6-9(12)7-5-8/h4-7,10H,13H2,1-3H3. The van der Waals surface area contributed by atoms with Gasteiger partial charge in [-0.2, -0.15) is 0 Å². The molecule has 2 heteroatoms. The molecular weight excluding hydrogens is 226 g/mol. The zero-order chi connectivity index (χ0) is 10.1. The van der Waals surface area contributed by atoms with E-state index in [0.29, 0.717) is 0 Å². The summed E-state index contributed by atoms with van der Waals surface area (Å²) in [5, 5.41) is 0. The van der Waals surface area contributed by atoms with Gasteiger partial charge in [-0.3, -0.25) is 0 Å². The van der Waals surface area contributed by atoms with Crippen molar-refractivity contribution in [3.05, 3.63) is 34.3 Å². The number of rotatable bonds is 1. The molecule has 72 valence electrons. The van der Waals surface area contributed by atoms with Crippen molar-refractivity contribution in [2.45, 2.75) is 26.8 Å². The molecule has 0 spiro atoms. The van der Waals surface area contributed by atoms with Gasteiger partial charge in [-0.25, -0.2) is 0 Å². The van der Waals surface area contributed by atoms with Crippen LogP contribution in [0.3, 0.4) is 0 Å². The first-order valence-electron chi connectivity index (χ1n) is 4.42. The van der Waals surface area contributed by atoms with E-state index in [1.165, 1.54) is 5.56 Å². The SMILES string of the molecule is CC(C)(C)C(N)c1ccc(Br)cc1. The van der Waals surface area contributed by atoms with Crippen molar-refractivity contribution >= 4 is 15.9 Å². The third kappa shape index (κ3) is 2.82. The van der Waals surface area contributed by atoms with Gasteiger partial charge in [0.2, 0.25) is 0 Å². The molecule has 2 N–H and O–H groups in total. The number of halogens is 1. The Balaban J connectivity index is 2.90. The Morgan fingerprint density at radius 1 is 1.15 bits per heavy atom. The summed E-state index contributed by atoms with van der Waals surface area (Å²) in [6, 6.07) is 8.29. The lowest BCUT2D eigenvalue weighted by Gasteiger charge is -2.27. The highest BCUT2D eigenvalue weighted by Crippen LogP contribution is 2.30. The van der Waals surface area contributed by atoms with Crippen LogP contribution in [0.15, 0.2) is 28.7 Å². The quantitative estimate of drug-likeness (QED) is 0.801. The highest BCUT2D eigenvalue weighted by Gasteiger charge is 2.21. The maximum Gasteiger partial charge on any atom is 0.0344 e. The molecule has 0 saturated carbocycles. The fourth-order valence-corrected chi connectivity index (χ4v) is 1.43. The van der Waals surface area contributed by atoms with Crippen LogP contribution in [0.4, 0.5) is 0 Å². The Labute approximate surface area is 88.5 Å². The van der Waals surface area contributed by atoms with Crippen LogP contribution in [0.2, 0.25) is 0 Å². The normalized spacial score (nSPS) is 14.2. The minimum absolute atomic E-state index is 0.0978. The van der Waals surface area contributed by atoms with Gasteiger partial charge in [0.1, 0.15) is 0 Å². The summed E-state index contributed by atoms with van der Waals surface area (Å²) in [5.41, 5.74) is 7.42. The van der Waals surface area contributed by atoms with Gasteiger partial charge in [0.25, 0.3) is 0 Å². The first-order chi connectivity index (χ1) is 5.91. The van der Waals surface area contributed by atoms with E-state index in [2.05, 4.69) is 48.8 Å². The van der Waals surface area contributed by atoms with Crippen LogP contribution in [0.5, 0.6) is 0 Å². The third-order valence-electron chi connectivity index (χ3n) is 2.16. The predicted octanol–water partition coefficient (Wildman–Crippen LogP) is 3.50. The summed E-state index contributed by atoms with van der Waals surface area (Å²) in [6.45, 7) is 6.46. The maximum absolute atomic E-state index is 6.11. The van der Waals surface area contributed by atoms with Gasteiger partial charge >= 0.3 is 0 Å². The lowest BCUT2D eigenvalue weighted by atomic mass is 9.83. The topological polar surface area (TPSA) is 26.0 Å². The van der Waals surface area contributed by atoms with Gasteiger partial charge < -0.3 is 5.73 Å². The molecule has 0 saturated heterocycles. The molecular formula is C11H16BrN. The zero-order valence-electron chi connectivity index (χ0n) is 8.34. The molecule has 0 heterocycles. The van der Waals surface area contributed by atoms with Crippen LogP contribution >= 0.6 is 15.9 Å². The van der Waals surface area contributed by atoms with Crippen LogP contribution in [-0.2, 0) is 0 Å². The molecule has 0 bridgehead atoms. The van der Waals surface area contributed by atoms with Crippen molar-refractivity contribution in [2.24, 2.45) is 11.1 Å². The Morgan fingerprint density at radius 3 is 2.00 bits per heavy atom. The van der Waals surface area contributed by atoms with Crippen molar-refractivity contribution in [1.29, 1.82) is 0 Å². The highest BCUT2D eigenvalue weighted by molar-refractivity contribution is 9.10. The molecule has 1 rings (SSSR count). The molecule has 1 aromatic rings. The van der Waals surface area contributed by atoms with Gasteiger partial charge in [0.15, 0.2) is 0 Å². The molecule has 1 atom stereocenters. The molecule has 0 aliphatic carbocycles. The highest BCUT2D eigenvalue weighted by atomic mass is 79.9. The van der Waals surface area contributed by atoms with Crippen LogP contribution in [0.25, 0.3) is 0 Å². The average molecular weight is 242 g/mol. The molecule has 1 unspecified atom stereocenters. The number of hydrogen-bond donors (Lipinski definition) is 1. The second-order valence-corrected chi connectivity index (χ2v) is 5.31. The minimum atomic E-state index is 0.0978. The summed E-state index contributed by atoms with van der Waals surface area (Å²) < 4.78 is 1.09.